The molecule has 1 N–H and O–H groups in total. The molecular weight excluding hydrogens is 801 g/mol. The van der Waals surface area contributed by atoms with Gasteiger partial charge in [-0.1, -0.05) is 83.9 Å². The van der Waals surface area contributed by atoms with Crippen LogP contribution in [0.1, 0.15) is 73.5 Å². The van der Waals surface area contributed by atoms with E-state index < -0.39 is 11.4 Å². The van der Waals surface area contributed by atoms with Crippen molar-refractivity contribution in [1.82, 2.24) is 0 Å². The second kappa shape index (κ2) is 23.4. The minimum absolute atomic E-state index is 0.0330. The van der Waals surface area contributed by atoms with Crippen LogP contribution < -0.4 is 4.74 Å². The largest absolute Gasteiger partial charge is 0.490 e. The molecule has 1 atom stereocenters. The van der Waals surface area contributed by atoms with E-state index in [-0.39, 0.29) is 44.4 Å². The van der Waals surface area contributed by atoms with Gasteiger partial charge in [-0.15, -0.1) is 0 Å². The molecule has 1 aliphatic rings. The monoisotopic (exact) mass is 860 g/mol. The molecule has 5 aromatic rings. The molecule has 1 aliphatic carbocycles. The van der Waals surface area contributed by atoms with Gasteiger partial charge in [0, 0.05) is 12.7 Å². The molecule has 0 bridgehead atoms. The maximum Gasteiger partial charge on any atom is 0.341 e. The fraction of sp³-hybridized carbons (Fsp3) is 0.385. The summed E-state index contributed by atoms with van der Waals surface area (Å²) in [5, 5.41) is 8.91. The lowest BCUT2D eigenvalue weighted by molar-refractivity contribution is 0.00443. The first-order valence-corrected chi connectivity index (χ1v) is 21.6. The van der Waals surface area contributed by atoms with Gasteiger partial charge in [0.2, 0.25) is 0 Å². The van der Waals surface area contributed by atoms with E-state index in [2.05, 4.69) is 80.6 Å². The van der Waals surface area contributed by atoms with Gasteiger partial charge in [0.15, 0.2) is 5.78 Å². The number of hydrogen-bond acceptors (Lipinski definition) is 11. The highest BCUT2D eigenvalue weighted by Crippen LogP contribution is 2.57. The highest BCUT2D eigenvalue weighted by molar-refractivity contribution is 5.97. The predicted molar refractivity (Wildman–Crippen MR) is 242 cm³/mol. The number of aliphatic hydroxyl groups is 1. The first kappa shape index (κ1) is 47.2. The lowest BCUT2D eigenvalue weighted by atomic mass is 9.66. The van der Waals surface area contributed by atoms with Gasteiger partial charge in [-0.05, 0) is 102 Å². The summed E-state index contributed by atoms with van der Waals surface area (Å²) < 4.78 is 45.1. The first-order valence-electron chi connectivity index (χ1n) is 21.6. The Morgan fingerprint density at radius 1 is 0.587 bits per heavy atom. The number of hydrogen-bond donors (Lipinski definition) is 1. The smallest absolute Gasteiger partial charge is 0.341 e. The summed E-state index contributed by atoms with van der Waals surface area (Å²) in [7, 11) is 1.63. The first-order chi connectivity index (χ1) is 30.7. The van der Waals surface area contributed by atoms with E-state index in [4.69, 9.17) is 43.0 Å². The fourth-order valence-electron chi connectivity index (χ4n) is 8.11. The number of ether oxygens (including phenoxy) is 8. The molecule has 0 aliphatic heterocycles. The average Bonchev–Trinajstić information content (AvgIpc) is 3.57. The van der Waals surface area contributed by atoms with Gasteiger partial charge in [-0.2, -0.15) is 0 Å². The summed E-state index contributed by atoms with van der Waals surface area (Å²) in [6.07, 6.45) is 0. The van der Waals surface area contributed by atoms with Crippen LogP contribution in [0, 0.1) is 13.8 Å². The maximum absolute atomic E-state index is 13.9. The van der Waals surface area contributed by atoms with Gasteiger partial charge in [-0.3, -0.25) is 4.79 Å². The number of fused-ring (bicyclic) bond motifs is 3. The van der Waals surface area contributed by atoms with Crippen LogP contribution in [0.2, 0.25) is 0 Å². The van der Waals surface area contributed by atoms with Crippen LogP contribution in [0.3, 0.4) is 0 Å². The minimum Gasteiger partial charge on any atom is -0.490 e. The van der Waals surface area contributed by atoms with Crippen molar-refractivity contribution in [3.05, 3.63) is 147 Å². The third-order valence-electron chi connectivity index (χ3n) is 11.0. The van der Waals surface area contributed by atoms with Gasteiger partial charge in [0.05, 0.1) is 91.3 Å². The van der Waals surface area contributed by atoms with Gasteiger partial charge in [0.1, 0.15) is 17.9 Å². The van der Waals surface area contributed by atoms with Crippen LogP contribution in [0.4, 0.5) is 0 Å². The lowest BCUT2D eigenvalue weighted by Gasteiger charge is -2.35. The predicted octanol–water partition coefficient (Wildman–Crippen LogP) is 8.31. The molecule has 5 aromatic carbocycles. The average molecular weight is 861 g/mol. The van der Waals surface area contributed by atoms with Gasteiger partial charge in [0.25, 0.3) is 0 Å². The van der Waals surface area contributed by atoms with Crippen LogP contribution in [0.15, 0.2) is 97.1 Å². The summed E-state index contributed by atoms with van der Waals surface area (Å²) in [4.78, 5) is 27.5. The number of carbonyl (C=O) groups is 2. The summed E-state index contributed by atoms with van der Waals surface area (Å²) in [6, 6.07) is 33.3. The van der Waals surface area contributed by atoms with Crippen LogP contribution in [-0.4, -0.2) is 110 Å². The van der Waals surface area contributed by atoms with Crippen molar-refractivity contribution in [3.8, 4) is 28.0 Å². The van der Waals surface area contributed by atoms with Crippen molar-refractivity contribution in [1.29, 1.82) is 0 Å². The Balaban J connectivity index is 1.45. The summed E-state index contributed by atoms with van der Waals surface area (Å²) in [5.74, 6) is -0.229. The topological polar surface area (TPSA) is 128 Å². The molecule has 0 aromatic heterocycles. The van der Waals surface area contributed by atoms with E-state index in [0.29, 0.717) is 70.8 Å². The Labute approximate surface area is 371 Å². The van der Waals surface area contributed by atoms with Crippen molar-refractivity contribution in [3.63, 3.8) is 0 Å². The van der Waals surface area contributed by atoms with Crippen molar-refractivity contribution >= 4 is 11.8 Å². The molecule has 6 rings (SSSR count). The van der Waals surface area contributed by atoms with E-state index in [1.165, 1.54) is 0 Å². The fourth-order valence-corrected chi connectivity index (χ4v) is 8.11. The Bertz CT molecular complexity index is 2300. The van der Waals surface area contributed by atoms with Crippen molar-refractivity contribution in [2.24, 2.45) is 0 Å². The normalized spacial score (nSPS) is 14.1. The second-order valence-corrected chi connectivity index (χ2v) is 15.4. The lowest BCUT2D eigenvalue weighted by Crippen LogP contribution is -2.30. The number of esters is 1. The summed E-state index contributed by atoms with van der Waals surface area (Å²) in [5.41, 5.74) is 10.8. The second-order valence-electron chi connectivity index (χ2n) is 15.4. The third kappa shape index (κ3) is 11.5. The Morgan fingerprint density at radius 2 is 1.17 bits per heavy atom. The highest BCUT2D eigenvalue weighted by atomic mass is 16.6. The molecule has 0 amide bonds. The van der Waals surface area contributed by atoms with Gasteiger partial charge < -0.3 is 43.0 Å². The van der Waals surface area contributed by atoms with Crippen molar-refractivity contribution < 1.29 is 52.6 Å². The molecule has 0 heterocycles. The molecule has 63 heavy (non-hydrogen) atoms. The van der Waals surface area contributed by atoms with Crippen LogP contribution in [-0.2, 0) is 45.2 Å². The van der Waals surface area contributed by atoms with Gasteiger partial charge >= 0.3 is 5.97 Å². The van der Waals surface area contributed by atoms with E-state index in [9.17, 15) is 9.59 Å². The van der Waals surface area contributed by atoms with E-state index in [1.807, 2.05) is 30.3 Å². The number of ketones is 1. The molecule has 0 radical (unpaired) electrons. The number of benzene rings is 5. The van der Waals surface area contributed by atoms with Gasteiger partial charge in [-0.25, -0.2) is 4.79 Å². The number of Topliss-reactive ketones (excluding diaryl/α,β-unsaturated/α-hetero) is 1. The quantitative estimate of drug-likeness (QED) is 0.0321. The number of carbonyl (C=O) groups excluding carboxylic acids is 2. The van der Waals surface area contributed by atoms with Crippen LogP contribution in [0.5, 0.6) is 5.75 Å². The summed E-state index contributed by atoms with van der Waals surface area (Å²) >= 11 is 0. The highest BCUT2D eigenvalue weighted by Gasteiger charge is 2.47. The number of aliphatic hydroxyl groups excluding tert-OH is 1. The molecule has 0 fully saturated rings. The van der Waals surface area contributed by atoms with E-state index >= 15 is 0 Å². The molecule has 0 saturated carbocycles. The Hall–Kier alpha value is -5.24. The number of rotatable bonds is 26. The minimum atomic E-state index is -0.988. The zero-order valence-corrected chi connectivity index (χ0v) is 37.2. The van der Waals surface area contributed by atoms with E-state index in [1.54, 1.807) is 21.0 Å². The molecule has 1 unspecified atom stereocenters. The Kier molecular flexibility index (Phi) is 17.6. The molecule has 0 saturated heterocycles. The molecule has 0 spiro atoms. The standard InChI is InChI=1S/C52H60O11/c1-6-62-51(55)47-34-43(14-17-50(47)63-29-28-60-25-24-58-21-20-56-5)52(42-13-11-41(46(33-42)38(4)54)35-61-27-26-59-23-22-57-19-18-53)48-31-37(3)10-15-44(48)45-16-12-40(32-49(45)52)39-9-7-8-36(2)30-39/h7-17,30-34,53H,6,18-29,35H2,1-5H3. The van der Waals surface area contributed by atoms with Crippen LogP contribution >= 0.6 is 0 Å². The molecule has 11 nitrogen and oxygen atoms in total. The number of methoxy groups -OCH3 is 1. The summed E-state index contributed by atoms with van der Waals surface area (Å²) in [6.45, 7) is 11.9. The molecule has 334 valence electrons. The third-order valence-corrected chi connectivity index (χ3v) is 11.0. The van der Waals surface area contributed by atoms with Crippen LogP contribution in [0.25, 0.3) is 22.3 Å². The van der Waals surface area contributed by atoms with Crippen molar-refractivity contribution in [2.45, 2.75) is 39.7 Å². The van der Waals surface area contributed by atoms with E-state index in [0.717, 1.165) is 61.2 Å². The molecular formula is C52H60O11. The zero-order valence-electron chi connectivity index (χ0n) is 37.2. The maximum atomic E-state index is 13.9. The number of aryl methyl sites for hydroxylation is 2. The molecule has 11 heteroatoms. The zero-order chi connectivity index (χ0) is 44.6. The van der Waals surface area contributed by atoms with Crippen molar-refractivity contribution in [2.75, 3.05) is 93.0 Å². The Morgan fingerprint density at radius 3 is 1.84 bits per heavy atom. The SMILES string of the molecule is CCOC(=O)c1cc(C2(c3ccc(COCCOCCOCCO)c(C(C)=O)c3)c3cc(C)ccc3-c3ccc(-c4cccc(C)c4)cc32)ccc1OCCOCCOCCOC.